The summed E-state index contributed by atoms with van der Waals surface area (Å²) in [4.78, 5) is 10.5. The molecule has 4 nitrogen and oxygen atoms in total. The fourth-order valence-electron chi connectivity index (χ4n) is 0.927. The Morgan fingerprint density at radius 3 is 2.55 bits per heavy atom. The van der Waals surface area contributed by atoms with Gasteiger partial charge in [-0.25, -0.2) is 0 Å². The maximum atomic E-state index is 10.5. The standard InChI is InChI=1S/C7H14N2O2/c1-2-3-5(7(10)11)4-6(8)9/h5H,2-4H2,1H3,(H3,8,9)(H,10,11)/t5-/m0/s1. The molecule has 0 aliphatic heterocycles. The number of amidine groups is 1. The second kappa shape index (κ2) is 4.71. The smallest absolute Gasteiger partial charge is 0.306 e. The number of carbonyl (C=O) groups is 1. The van der Waals surface area contributed by atoms with E-state index >= 15 is 0 Å². The molecule has 0 bridgehead atoms. The number of carboxylic acids is 1. The van der Waals surface area contributed by atoms with E-state index in [1.807, 2.05) is 6.92 Å². The zero-order valence-electron chi connectivity index (χ0n) is 6.63. The predicted molar refractivity (Wildman–Crippen MR) is 42.6 cm³/mol. The van der Waals surface area contributed by atoms with E-state index in [0.29, 0.717) is 6.42 Å². The maximum Gasteiger partial charge on any atom is 0.306 e. The Bertz CT molecular complexity index is 157. The van der Waals surface area contributed by atoms with E-state index in [2.05, 4.69) is 0 Å². The van der Waals surface area contributed by atoms with Crippen LogP contribution in [0.15, 0.2) is 0 Å². The highest BCUT2D eigenvalue weighted by molar-refractivity contribution is 5.82. The SMILES string of the molecule is CCC[C@@H](CC(=N)N)C(=O)O. The van der Waals surface area contributed by atoms with Crippen LogP contribution >= 0.6 is 0 Å². The average Bonchev–Trinajstić information content (AvgIpc) is 1.86. The van der Waals surface area contributed by atoms with Crippen molar-refractivity contribution < 1.29 is 9.90 Å². The first-order chi connectivity index (χ1) is 5.07. The van der Waals surface area contributed by atoms with Gasteiger partial charge in [-0.15, -0.1) is 0 Å². The molecular formula is C7H14N2O2. The summed E-state index contributed by atoms with van der Waals surface area (Å²) in [6.07, 6.45) is 1.57. The van der Waals surface area contributed by atoms with Crippen molar-refractivity contribution in [3.05, 3.63) is 0 Å². The Labute approximate surface area is 65.9 Å². The van der Waals surface area contributed by atoms with Gasteiger partial charge in [-0.2, -0.15) is 0 Å². The van der Waals surface area contributed by atoms with Crippen molar-refractivity contribution in [1.82, 2.24) is 0 Å². The Morgan fingerprint density at radius 2 is 2.27 bits per heavy atom. The Morgan fingerprint density at radius 1 is 1.73 bits per heavy atom. The first kappa shape index (κ1) is 9.94. The highest BCUT2D eigenvalue weighted by Crippen LogP contribution is 2.10. The van der Waals surface area contributed by atoms with E-state index in [0.717, 1.165) is 6.42 Å². The fourth-order valence-corrected chi connectivity index (χ4v) is 0.927. The third-order valence-electron chi connectivity index (χ3n) is 1.45. The molecule has 0 rings (SSSR count). The minimum atomic E-state index is -0.859. The van der Waals surface area contributed by atoms with Gasteiger partial charge in [0.1, 0.15) is 0 Å². The van der Waals surface area contributed by atoms with E-state index in [-0.39, 0.29) is 12.3 Å². The maximum absolute atomic E-state index is 10.5. The Balaban J connectivity index is 3.89. The second-order valence-corrected chi connectivity index (χ2v) is 2.55. The quantitative estimate of drug-likeness (QED) is 0.408. The van der Waals surface area contributed by atoms with Gasteiger partial charge in [0.15, 0.2) is 0 Å². The predicted octanol–water partition coefficient (Wildman–Crippen LogP) is 0.813. The van der Waals surface area contributed by atoms with Crippen molar-refractivity contribution in [1.29, 1.82) is 5.41 Å². The molecule has 0 aromatic rings. The van der Waals surface area contributed by atoms with Crippen LogP contribution in [0.3, 0.4) is 0 Å². The summed E-state index contributed by atoms with van der Waals surface area (Å²) in [5, 5.41) is 15.5. The van der Waals surface area contributed by atoms with Gasteiger partial charge in [0, 0.05) is 6.42 Å². The highest BCUT2D eigenvalue weighted by atomic mass is 16.4. The zero-order chi connectivity index (χ0) is 8.85. The molecule has 1 atom stereocenters. The number of carboxylic acid groups (broad SMARTS) is 1. The molecule has 0 aromatic heterocycles. The summed E-state index contributed by atoms with van der Waals surface area (Å²) >= 11 is 0. The van der Waals surface area contributed by atoms with Crippen molar-refractivity contribution in [3.8, 4) is 0 Å². The van der Waals surface area contributed by atoms with E-state index in [1.54, 1.807) is 0 Å². The molecule has 4 N–H and O–H groups in total. The molecule has 0 spiro atoms. The van der Waals surface area contributed by atoms with Gasteiger partial charge in [0.2, 0.25) is 0 Å². The minimum Gasteiger partial charge on any atom is -0.481 e. The molecular weight excluding hydrogens is 144 g/mol. The molecule has 0 saturated heterocycles. The number of hydrogen-bond donors (Lipinski definition) is 3. The van der Waals surface area contributed by atoms with Crippen LogP contribution < -0.4 is 5.73 Å². The van der Waals surface area contributed by atoms with Crippen LogP contribution in [0.1, 0.15) is 26.2 Å². The second-order valence-electron chi connectivity index (χ2n) is 2.55. The lowest BCUT2D eigenvalue weighted by Crippen LogP contribution is -2.21. The van der Waals surface area contributed by atoms with Gasteiger partial charge >= 0.3 is 5.97 Å². The van der Waals surface area contributed by atoms with E-state index in [1.165, 1.54) is 0 Å². The normalized spacial score (nSPS) is 12.5. The molecule has 0 radical (unpaired) electrons. The monoisotopic (exact) mass is 158 g/mol. The van der Waals surface area contributed by atoms with Gasteiger partial charge in [0.25, 0.3) is 0 Å². The summed E-state index contributed by atoms with van der Waals surface area (Å²) in [6, 6.07) is 0. The van der Waals surface area contributed by atoms with Gasteiger partial charge < -0.3 is 10.8 Å². The number of rotatable bonds is 5. The van der Waals surface area contributed by atoms with Gasteiger partial charge in [-0.3, -0.25) is 10.2 Å². The van der Waals surface area contributed by atoms with Crippen LogP contribution in [-0.4, -0.2) is 16.9 Å². The molecule has 0 unspecified atom stereocenters. The van der Waals surface area contributed by atoms with Crippen LogP contribution in [0.5, 0.6) is 0 Å². The summed E-state index contributed by atoms with van der Waals surface area (Å²) in [6.45, 7) is 1.91. The van der Waals surface area contributed by atoms with Crippen molar-refractivity contribution in [3.63, 3.8) is 0 Å². The third kappa shape index (κ3) is 4.36. The van der Waals surface area contributed by atoms with E-state index in [9.17, 15) is 4.79 Å². The average molecular weight is 158 g/mol. The molecule has 64 valence electrons. The van der Waals surface area contributed by atoms with Gasteiger partial charge in [-0.05, 0) is 6.42 Å². The molecule has 0 aromatic carbocycles. The lowest BCUT2D eigenvalue weighted by atomic mass is 10.00. The molecule has 0 aliphatic carbocycles. The minimum absolute atomic E-state index is 0.0501. The van der Waals surface area contributed by atoms with Crippen LogP contribution in [0, 0.1) is 11.3 Å². The molecule has 0 saturated carbocycles. The van der Waals surface area contributed by atoms with Crippen LogP contribution in [-0.2, 0) is 4.79 Å². The molecule has 0 fully saturated rings. The lowest BCUT2D eigenvalue weighted by Gasteiger charge is -2.08. The first-order valence-electron chi connectivity index (χ1n) is 3.63. The van der Waals surface area contributed by atoms with Crippen LogP contribution in [0.4, 0.5) is 0 Å². The van der Waals surface area contributed by atoms with Gasteiger partial charge in [-0.1, -0.05) is 13.3 Å². The number of hydrogen-bond acceptors (Lipinski definition) is 2. The third-order valence-corrected chi connectivity index (χ3v) is 1.45. The lowest BCUT2D eigenvalue weighted by molar-refractivity contribution is -0.141. The highest BCUT2D eigenvalue weighted by Gasteiger charge is 2.16. The molecule has 0 aliphatic rings. The topological polar surface area (TPSA) is 87.2 Å². The summed E-state index contributed by atoms with van der Waals surface area (Å²) in [5.74, 6) is -1.38. The van der Waals surface area contributed by atoms with E-state index in [4.69, 9.17) is 16.2 Å². The van der Waals surface area contributed by atoms with Crippen LogP contribution in [0.25, 0.3) is 0 Å². The molecule has 0 amide bonds. The Hall–Kier alpha value is -1.06. The number of nitrogens with one attached hydrogen (secondary N) is 1. The first-order valence-corrected chi connectivity index (χ1v) is 3.63. The van der Waals surface area contributed by atoms with E-state index < -0.39 is 11.9 Å². The fraction of sp³-hybridized carbons (Fsp3) is 0.714. The molecule has 0 heterocycles. The molecule has 11 heavy (non-hydrogen) atoms. The zero-order valence-corrected chi connectivity index (χ0v) is 6.63. The summed E-state index contributed by atoms with van der Waals surface area (Å²) < 4.78 is 0. The Kier molecular flexibility index (Phi) is 4.26. The van der Waals surface area contributed by atoms with Crippen molar-refractivity contribution >= 4 is 11.8 Å². The van der Waals surface area contributed by atoms with Crippen molar-refractivity contribution in [2.75, 3.05) is 0 Å². The summed E-state index contributed by atoms with van der Waals surface area (Å²) in [7, 11) is 0. The number of nitrogens with two attached hydrogens (primary N) is 1. The summed E-state index contributed by atoms with van der Waals surface area (Å²) in [5.41, 5.74) is 5.08. The molecule has 4 heteroatoms. The largest absolute Gasteiger partial charge is 0.481 e. The van der Waals surface area contributed by atoms with Crippen molar-refractivity contribution in [2.45, 2.75) is 26.2 Å². The number of aliphatic carboxylic acids is 1. The van der Waals surface area contributed by atoms with Gasteiger partial charge in [0.05, 0.1) is 11.8 Å². The van der Waals surface area contributed by atoms with Crippen molar-refractivity contribution in [2.24, 2.45) is 11.7 Å². The van der Waals surface area contributed by atoms with Crippen LogP contribution in [0.2, 0.25) is 0 Å².